The van der Waals surface area contributed by atoms with Crippen LogP contribution < -0.4 is 15.2 Å². The average Bonchev–Trinajstić information content (AvgIpc) is 2.34. The summed E-state index contributed by atoms with van der Waals surface area (Å²) in [7, 11) is 1.42. The van der Waals surface area contributed by atoms with Gasteiger partial charge >= 0.3 is 5.97 Å². The number of rotatable bonds is 7. The Balaban J connectivity index is 2.93. The van der Waals surface area contributed by atoms with E-state index >= 15 is 0 Å². The molecular formula is C12H14ClNO5. The van der Waals surface area contributed by atoms with Crippen molar-refractivity contribution in [1.29, 1.82) is 0 Å². The molecular weight excluding hydrogens is 274 g/mol. The second kappa shape index (κ2) is 6.84. The molecule has 0 saturated carbocycles. The van der Waals surface area contributed by atoms with Crippen LogP contribution in [0.15, 0.2) is 12.1 Å². The number of amides is 1. The first kappa shape index (κ1) is 15.1. The molecule has 6 nitrogen and oxygen atoms in total. The van der Waals surface area contributed by atoms with E-state index in [4.69, 9.17) is 31.9 Å². The lowest BCUT2D eigenvalue weighted by Gasteiger charge is -2.13. The molecule has 0 aliphatic heterocycles. The number of ether oxygens (including phenoxy) is 2. The van der Waals surface area contributed by atoms with Crippen LogP contribution in [0.2, 0.25) is 5.02 Å². The Hall–Kier alpha value is -1.95. The highest BCUT2D eigenvalue weighted by molar-refractivity contribution is 6.32. The third kappa shape index (κ3) is 4.67. The first-order valence-corrected chi connectivity index (χ1v) is 5.81. The molecule has 0 bridgehead atoms. The van der Waals surface area contributed by atoms with E-state index in [9.17, 15) is 9.59 Å². The van der Waals surface area contributed by atoms with Gasteiger partial charge in [-0.25, -0.2) is 0 Å². The summed E-state index contributed by atoms with van der Waals surface area (Å²) in [5, 5.41) is 8.87. The number of benzene rings is 1. The predicted molar refractivity (Wildman–Crippen MR) is 68.7 cm³/mol. The highest BCUT2D eigenvalue weighted by Crippen LogP contribution is 2.36. The fraction of sp³-hybridized carbons (Fsp3) is 0.333. The van der Waals surface area contributed by atoms with E-state index in [0.717, 1.165) is 0 Å². The topological polar surface area (TPSA) is 98.8 Å². The van der Waals surface area contributed by atoms with Crippen molar-refractivity contribution in [3.8, 4) is 11.5 Å². The minimum atomic E-state index is -0.899. The summed E-state index contributed by atoms with van der Waals surface area (Å²) in [5.74, 6) is -0.992. The summed E-state index contributed by atoms with van der Waals surface area (Å²) in [5.41, 5.74) is 5.68. The lowest BCUT2D eigenvalue weighted by Crippen LogP contribution is -2.20. The van der Waals surface area contributed by atoms with Crippen molar-refractivity contribution < 1.29 is 24.2 Å². The second-order valence-electron chi connectivity index (χ2n) is 3.76. The lowest BCUT2D eigenvalue weighted by molar-refractivity contribution is -0.137. The third-order valence-corrected chi connectivity index (χ3v) is 2.56. The van der Waals surface area contributed by atoms with Crippen LogP contribution in [0.1, 0.15) is 12.0 Å². The zero-order valence-electron chi connectivity index (χ0n) is 10.3. The number of hydrogen-bond donors (Lipinski definition) is 2. The number of nitrogens with two attached hydrogens (primary N) is 1. The van der Waals surface area contributed by atoms with Gasteiger partial charge in [-0.2, -0.15) is 0 Å². The zero-order chi connectivity index (χ0) is 14.4. The highest BCUT2D eigenvalue weighted by atomic mass is 35.5. The van der Waals surface area contributed by atoms with Crippen LogP contribution in [0.3, 0.4) is 0 Å². The Morgan fingerprint density at radius 2 is 2.11 bits per heavy atom. The molecule has 0 aliphatic carbocycles. The van der Waals surface area contributed by atoms with Crippen LogP contribution in [-0.2, 0) is 16.0 Å². The van der Waals surface area contributed by atoms with Gasteiger partial charge in [0.1, 0.15) is 0 Å². The van der Waals surface area contributed by atoms with Crippen LogP contribution >= 0.6 is 11.6 Å². The Labute approximate surface area is 115 Å². The molecule has 1 aromatic rings. The molecule has 7 heteroatoms. The maximum atomic E-state index is 10.7. The van der Waals surface area contributed by atoms with E-state index in [1.165, 1.54) is 7.11 Å². The van der Waals surface area contributed by atoms with Crippen molar-refractivity contribution in [1.82, 2.24) is 0 Å². The molecule has 0 radical (unpaired) electrons. The minimum Gasteiger partial charge on any atom is -0.493 e. The minimum absolute atomic E-state index is 0.0129. The molecule has 1 aromatic carbocycles. The van der Waals surface area contributed by atoms with Gasteiger partial charge < -0.3 is 20.3 Å². The molecule has 0 atom stereocenters. The smallest absolute Gasteiger partial charge is 0.303 e. The summed E-state index contributed by atoms with van der Waals surface area (Å²) in [6.45, 7) is -0.315. The van der Waals surface area contributed by atoms with E-state index in [1.807, 2.05) is 0 Å². The standard InChI is InChI=1S/C12H14ClNO5/c1-18-9-5-7(2-3-11(16)17)4-8(13)12(9)19-6-10(14)15/h4-5H,2-3,6H2,1H3,(H2,14,15)(H,16,17). The Bertz CT molecular complexity index is 489. The predicted octanol–water partition coefficient (Wildman–Crippen LogP) is 1.23. The van der Waals surface area contributed by atoms with E-state index < -0.39 is 11.9 Å². The maximum absolute atomic E-state index is 10.7. The summed E-state index contributed by atoms with van der Waals surface area (Å²) in [6, 6.07) is 3.19. The summed E-state index contributed by atoms with van der Waals surface area (Å²) < 4.78 is 10.2. The van der Waals surface area contributed by atoms with Gasteiger partial charge in [0.15, 0.2) is 18.1 Å². The molecule has 0 heterocycles. The van der Waals surface area contributed by atoms with Crippen molar-refractivity contribution in [3.05, 3.63) is 22.7 Å². The molecule has 19 heavy (non-hydrogen) atoms. The normalized spacial score (nSPS) is 10.0. The molecule has 0 aliphatic rings. The summed E-state index contributed by atoms with van der Waals surface area (Å²) in [4.78, 5) is 21.2. The fourth-order valence-corrected chi connectivity index (χ4v) is 1.74. The number of carboxylic acid groups (broad SMARTS) is 1. The number of carbonyl (C=O) groups excluding carboxylic acids is 1. The quantitative estimate of drug-likeness (QED) is 0.786. The number of halogens is 1. The molecule has 0 saturated heterocycles. The Morgan fingerprint density at radius 1 is 1.42 bits per heavy atom. The largest absolute Gasteiger partial charge is 0.493 e. The number of aliphatic carboxylic acids is 1. The number of hydrogen-bond acceptors (Lipinski definition) is 4. The van der Waals surface area contributed by atoms with Crippen molar-refractivity contribution in [3.63, 3.8) is 0 Å². The third-order valence-electron chi connectivity index (χ3n) is 2.28. The van der Waals surface area contributed by atoms with E-state index in [2.05, 4.69) is 0 Å². The average molecular weight is 288 g/mol. The SMILES string of the molecule is COc1cc(CCC(=O)O)cc(Cl)c1OCC(N)=O. The van der Waals surface area contributed by atoms with Gasteiger partial charge in [0.25, 0.3) is 5.91 Å². The molecule has 1 amide bonds. The van der Waals surface area contributed by atoms with Crippen LogP contribution in [0, 0.1) is 0 Å². The lowest BCUT2D eigenvalue weighted by atomic mass is 10.1. The van der Waals surface area contributed by atoms with E-state index in [0.29, 0.717) is 17.7 Å². The van der Waals surface area contributed by atoms with Gasteiger partial charge in [0.05, 0.1) is 12.1 Å². The number of carboxylic acids is 1. The highest BCUT2D eigenvalue weighted by Gasteiger charge is 2.13. The van der Waals surface area contributed by atoms with E-state index in [1.54, 1.807) is 12.1 Å². The van der Waals surface area contributed by atoms with Crippen molar-refractivity contribution in [2.75, 3.05) is 13.7 Å². The molecule has 0 fully saturated rings. The number of carbonyl (C=O) groups is 2. The second-order valence-corrected chi connectivity index (χ2v) is 4.16. The molecule has 0 spiro atoms. The molecule has 0 unspecified atom stereocenters. The van der Waals surface area contributed by atoms with Crippen LogP contribution in [0.5, 0.6) is 11.5 Å². The van der Waals surface area contributed by atoms with Gasteiger partial charge in [-0.05, 0) is 24.1 Å². The van der Waals surface area contributed by atoms with Crippen LogP contribution in [0.4, 0.5) is 0 Å². The van der Waals surface area contributed by atoms with Gasteiger partial charge in [-0.1, -0.05) is 11.6 Å². The monoisotopic (exact) mass is 287 g/mol. The molecule has 3 N–H and O–H groups in total. The van der Waals surface area contributed by atoms with E-state index in [-0.39, 0.29) is 23.8 Å². The molecule has 104 valence electrons. The van der Waals surface area contributed by atoms with Crippen molar-refractivity contribution in [2.45, 2.75) is 12.8 Å². The number of primary amides is 1. The van der Waals surface area contributed by atoms with Crippen molar-refractivity contribution in [2.24, 2.45) is 5.73 Å². The van der Waals surface area contributed by atoms with Crippen LogP contribution in [-0.4, -0.2) is 30.7 Å². The van der Waals surface area contributed by atoms with Gasteiger partial charge in [-0.3, -0.25) is 9.59 Å². The number of aryl methyl sites for hydroxylation is 1. The van der Waals surface area contributed by atoms with Gasteiger partial charge in [0.2, 0.25) is 0 Å². The summed E-state index contributed by atoms with van der Waals surface area (Å²) >= 11 is 6.01. The summed E-state index contributed by atoms with van der Waals surface area (Å²) in [6.07, 6.45) is 0.308. The fourth-order valence-electron chi connectivity index (χ4n) is 1.45. The van der Waals surface area contributed by atoms with Crippen LogP contribution in [0.25, 0.3) is 0 Å². The van der Waals surface area contributed by atoms with Gasteiger partial charge in [-0.15, -0.1) is 0 Å². The van der Waals surface area contributed by atoms with Crippen molar-refractivity contribution >= 4 is 23.5 Å². The molecule has 1 rings (SSSR count). The molecule has 0 aromatic heterocycles. The zero-order valence-corrected chi connectivity index (χ0v) is 11.1. The van der Waals surface area contributed by atoms with Gasteiger partial charge in [0, 0.05) is 6.42 Å². The Kier molecular flexibility index (Phi) is 5.44. The maximum Gasteiger partial charge on any atom is 0.303 e. The first-order valence-electron chi connectivity index (χ1n) is 5.43. The Morgan fingerprint density at radius 3 is 2.63 bits per heavy atom. The number of methoxy groups -OCH3 is 1. The first-order chi connectivity index (χ1) is 8.93.